The van der Waals surface area contributed by atoms with Crippen LogP contribution in [0.3, 0.4) is 0 Å². The Labute approximate surface area is 127 Å². The van der Waals surface area contributed by atoms with Crippen molar-refractivity contribution in [2.24, 2.45) is 5.73 Å². The first-order chi connectivity index (χ1) is 10.3. The summed E-state index contributed by atoms with van der Waals surface area (Å²) in [6, 6.07) is 6.49. The smallest absolute Gasteiger partial charge is 0.364 e. The zero-order chi connectivity index (χ0) is 16.1. The number of amides is 1. The van der Waals surface area contributed by atoms with Gasteiger partial charge in [0.15, 0.2) is 5.65 Å². The van der Waals surface area contributed by atoms with Gasteiger partial charge >= 0.3 is 6.18 Å². The molecule has 2 heterocycles. The minimum absolute atomic E-state index is 0.0227. The maximum absolute atomic E-state index is 13.2. The number of carbonyl (C=O) groups excluding carboxylic acids is 1. The Hall–Kier alpha value is -2.35. The Balaban J connectivity index is 2.39. The number of nitrogens with zero attached hydrogens (tertiary/aromatic N) is 2. The van der Waals surface area contributed by atoms with E-state index in [0.717, 1.165) is 6.07 Å². The summed E-state index contributed by atoms with van der Waals surface area (Å²) in [5.41, 5.74) is 4.57. The van der Waals surface area contributed by atoms with Crippen molar-refractivity contribution in [3.8, 4) is 5.69 Å². The quantitative estimate of drug-likeness (QED) is 0.784. The van der Waals surface area contributed by atoms with Crippen LogP contribution in [0.15, 0.2) is 30.3 Å². The van der Waals surface area contributed by atoms with Gasteiger partial charge in [-0.2, -0.15) is 13.2 Å². The third kappa shape index (κ3) is 2.25. The molecule has 0 saturated carbocycles. The highest BCUT2D eigenvalue weighted by Crippen LogP contribution is 2.36. The summed E-state index contributed by atoms with van der Waals surface area (Å²) in [5, 5.41) is 0.694. The van der Waals surface area contributed by atoms with Crippen LogP contribution >= 0.6 is 11.3 Å². The third-order valence-electron chi connectivity index (χ3n) is 3.16. The monoisotopic (exact) mass is 325 g/mol. The molecule has 8 heteroatoms. The fourth-order valence-corrected chi connectivity index (χ4v) is 3.17. The van der Waals surface area contributed by atoms with Gasteiger partial charge in [0.25, 0.3) is 5.91 Å². The lowest BCUT2D eigenvalue weighted by Gasteiger charge is -2.15. The summed E-state index contributed by atoms with van der Waals surface area (Å²) >= 11 is 1.29. The molecule has 0 atom stereocenters. The first kappa shape index (κ1) is 14.6. The Morgan fingerprint density at radius 2 is 2.00 bits per heavy atom. The number of aryl methyl sites for hydroxylation is 1. The minimum atomic E-state index is -4.55. The molecule has 1 aromatic carbocycles. The van der Waals surface area contributed by atoms with Gasteiger partial charge in [-0.1, -0.05) is 12.1 Å². The highest BCUT2D eigenvalue weighted by atomic mass is 32.1. The van der Waals surface area contributed by atoms with Crippen molar-refractivity contribution in [3.05, 3.63) is 46.6 Å². The highest BCUT2D eigenvalue weighted by molar-refractivity contribution is 7.18. The van der Waals surface area contributed by atoms with E-state index < -0.39 is 17.6 Å². The second-order valence-electron chi connectivity index (χ2n) is 4.66. The van der Waals surface area contributed by atoms with E-state index in [0.29, 0.717) is 15.4 Å². The predicted octanol–water partition coefficient (Wildman–Crippen LogP) is 3.51. The molecular formula is C14H10F3N3OS. The number of primary amides is 1. The largest absolute Gasteiger partial charge is 0.418 e. The van der Waals surface area contributed by atoms with Crippen LogP contribution in [0.25, 0.3) is 16.0 Å². The number of alkyl halides is 3. The second kappa shape index (κ2) is 4.84. The van der Waals surface area contributed by atoms with E-state index in [2.05, 4.69) is 4.98 Å². The zero-order valence-corrected chi connectivity index (χ0v) is 12.1. The molecule has 4 nitrogen and oxygen atoms in total. The van der Waals surface area contributed by atoms with Gasteiger partial charge in [-0.3, -0.25) is 9.36 Å². The second-order valence-corrected chi connectivity index (χ2v) is 5.90. The molecular weight excluding hydrogens is 315 g/mol. The van der Waals surface area contributed by atoms with Gasteiger partial charge in [-0.05, 0) is 25.1 Å². The molecule has 2 aromatic heterocycles. The van der Waals surface area contributed by atoms with Crippen LogP contribution in [0, 0.1) is 6.92 Å². The number of aromatic nitrogens is 2. The van der Waals surface area contributed by atoms with Crippen LogP contribution < -0.4 is 5.73 Å². The van der Waals surface area contributed by atoms with E-state index in [1.54, 1.807) is 6.92 Å². The topological polar surface area (TPSA) is 60.9 Å². The van der Waals surface area contributed by atoms with Gasteiger partial charge in [0, 0.05) is 0 Å². The van der Waals surface area contributed by atoms with Crippen molar-refractivity contribution in [2.75, 3.05) is 0 Å². The number of para-hydroxylation sites is 1. The van der Waals surface area contributed by atoms with Crippen LogP contribution in [-0.2, 0) is 6.18 Å². The predicted molar refractivity (Wildman–Crippen MR) is 77.2 cm³/mol. The fraction of sp³-hybridized carbons (Fsp3) is 0.143. The number of halogens is 3. The van der Waals surface area contributed by atoms with E-state index in [1.165, 1.54) is 40.2 Å². The van der Waals surface area contributed by atoms with Crippen molar-refractivity contribution in [2.45, 2.75) is 13.1 Å². The average Bonchev–Trinajstić information content (AvgIpc) is 2.93. The van der Waals surface area contributed by atoms with Crippen LogP contribution in [0.5, 0.6) is 0 Å². The molecule has 2 N–H and O–H groups in total. The van der Waals surface area contributed by atoms with Crippen LogP contribution in [0.1, 0.15) is 21.1 Å². The number of carbonyl (C=O) groups is 1. The number of hydrogen-bond acceptors (Lipinski definition) is 3. The lowest BCUT2D eigenvalue weighted by molar-refractivity contribution is -0.137. The van der Waals surface area contributed by atoms with Crippen molar-refractivity contribution in [3.63, 3.8) is 0 Å². The Bertz CT molecular complexity index is 879. The maximum atomic E-state index is 13.2. The number of rotatable bonds is 2. The average molecular weight is 325 g/mol. The summed E-state index contributed by atoms with van der Waals surface area (Å²) in [7, 11) is 0. The normalized spacial score (nSPS) is 12.0. The van der Waals surface area contributed by atoms with Crippen LogP contribution in [-0.4, -0.2) is 15.5 Å². The first-order valence-corrected chi connectivity index (χ1v) is 7.06. The van der Waals surface area contributed by atoms with E-state index in [1.807, 2.05) is 0 Å². The molecule has 0 saturated heterocycles. The number of fused-ring (bicyclic) bond motifs is 1. The first-order valence-electron chi connectivity index (χ1n) is 6.24. The molecule has 0 radical (unpaired) electrons. The Morgan fingerprint density at radius 1 is 1.32 bits per heavy atom. The van der Waals surface area contributed by atoms with Gasteiger partial charge in [0.05, 0.1) is 21.0 Å². The van der Waals surface area contributed by atoms with E-state index in [-0.39, 0.29) is 11.4 Å². The molecule has 114 valence electrons. The zero-order valence-electron chi connectivity index (χ0n) is 11.3. The number of benzene rings is 1. The number of thiazole rings is 1. The summed E-state index contributed by atoms with van der Waals surface area (Å²) < 4.78 is 41.5. The maximum Gasteiger partial charge on any atom is 0.418 e. The Kier molecular flexibility index (Phi) is 3.21. The van der Waals surface area contributed by atoms with Crippen molar-refractivity contribution in [1.82, 2.24) is 9.55 Å². The van der Waals surface area contributed by atoms with Gasteiger partial charge in [-0.25, -0.2) is 4.98 Å². The highest BCUT2D eigenvalue weighted by Gasteiger charge is 2.35. The molecule has 0 aliphatic carbocycles. The lowest BCUT2D eigenvalue weighted by atomic mass is 10.1. The lowest BCUT2D eigenvalue weighted by Crippen LogP contribution is -2.18. The van der Waals surface area contributed by atoms with E-state index in [4.69, 9.17) is 5.73 Å². The molecule has 0 spiro atoms. The molecule has 0 unspecified atom stereocenters. The number of nitrogens with two attached hydrogens (primary N) is 1. The van der Waals surface area contributed by atoms with E-state index in [9.17, 15) is 18.0 Å². The minimum Gasteiger partial charge on any atom is -0.364 e. The summed E-state index contributed by atoms with van der Waals surface area (Å²) in [4.78, 5) is 15.8. The van der Waals surface area contributed by atoms with Crippen molar-refractivity contribution < 1.29 is 18.0 Å². The molecule has 3 rings (SSSR count). The molecule has 0 fully saturated rings. The van der Waals surface area contributed by atoms with E-state index >= 15 is 0 Å². The van der Waals surface area contributed by atoms with Gasteiger partial charge in [0.1, 0.15) is 5.69 Å². The van der Waals surface area contributed by atoms with Crippen LogP contribution in [0.2, 0.25) is 0 Å². The SMILES string of the molecule is Cc1nc2c(cc(C(N)=O)n2-c2ccccc2C(F)(F)F)s1. The van der Waals surface area contributed by atoms with Gasteiger partial charge in [0.2, 0.25) is 0 Å². The van der Waals surface area contributed by atoms with Crippen molar-refractivity contribution >= 4 is 27.6 Å². The molecule has 0 aliphatic heterocycles. The third-order valence-corrected chi connectivity index (χ3v) is 4.07. The van der Waals surface area contributed by atoms with Crippen LogP contribution in [0.4, 0.5) is 13.2 Å². The van der Waals surface area contributed by atoms with Crippen molar-refractivity contribution in [1.29, 1.82) is 0 Å². The van der Waals surface area contributed by atoms with Gasteiger partial charge < -0.3 is 5.73 Å². The standard InChI is InChI=1S/C14H10F3N3OS/c1-7-19-13-11(22-7)6-10(12(18)21)20(13)9-5-3-2-4-8(9)14(15,16)17/h2-6H,1H3,(H2,18,21). The molecule has 0 bridgehead atoms. The molecule has 1 amide bonds. The molecule has 0 aliphatic rings. The van der Waals surface area contributed by atoms with Gasteiger partial charge in [-0.15, -0.1) is 11.3 Å². The molecule has 22 heavy (non-hydrogen) atoms. The summed E-state index contributed by atoms with van der Waals surface area (Å²) in [6.07, 6.45) is -4.55. The fourth-order valence-electron chi connectivity index (χ4n) is 2.32. The summed E-state index contributed by atoms with van der Waals surface area (Å²) in [6.45, 7) is 1.74. The number of hydrogen-bond donors (Lipinski definition) is 1. The summed E-state index contributed by atoms with van der Waals surface area (Å²) in [5.74, 6) is -0.806. The Morgan fingerprint density at radius 3 is 2.64 bits per heavy atom. The molecule has 3 aromatic rings.